The van der Waals surface area contributed by atoms with Crippen LogP contribution in [0.15, 0.2) is 24.3 Å². The molecule has 1 N–H and O–H groups in total. The van der Waals surface area contributed by atoms with Crippen LogP contribution in [0.25, 0.3) is 0 Å². The monoisotopic (exact) mass is 320 g/mol. The van der Waals surface area contributed by atoms with Gasteiger partial charge in [-0.1, -0.05) is 49.1 Å². The molecule has 0 radical (unpaired) electrons. The van der Waals surface area contributed by atoms with Crippen molar-refractivity contribution in [2.45, 2.75) is 57.5 Å². The number of nitrogens with zero attached hydrogens (tertiary/aromatic N) is 1. The molecule has 122 valence electrons. The summed E-state index contributed by atoms with van der Waals surface area (Å²) in [5.41, 5.74) is 1.26. The molecule has 22 heavy (non-hydrogen) atoms. The number of hydrogen-bond donors (Lipinski definition) is 1. The molecule has 0 aromatic heterocycles. The Kier molecular flexibility index (Phi) is 6.17. The second-order valence-corrected chi connectivity index (χ2v) is 7.49. The van der Waals surface area contributed by atoms with Gasteiger partial charge in [-0.25, -0.2) is 0 Å². The molecular weight excluding hydrogens is 292 g/mol. The topological polar surface area (TPSA) is 15.3 Å². The number of rotatable bonds is 5. The van der Waals surface area contributed by atoms with Crippen molar-refractivity contribution in [3.05, 3.63) is 34.9 Å². The van der Waals surface area contributed by atoms with Crippen LogP contribution in [0.4, 0.5) is 0 Å². The fourth-order valence-electron chi connectivity index (χ4n) is 3.96. The summed E-state index contributed by atoms with van der Waals surface area (Å²) >= 11 is 6.30. The summed E-state index contributed by atoms with van der Waals surface area (Å²) in [5, 5.41) is 4.75. The zero-order valence-electron chi connectivity index (χ0n) is 13.6. The minimum absolute atomic E-state index is 0.665. The molecular formula is C19H29ClN2. The highest BCUT2D eigenvalue weighted by atomic mass is 35.5. The first-order chi connectivity index (χ1) is 10.8. The molecule has 1 aromatic carbocycles. The van der Waals surface area contributed by atoms with E-state index in [0.29, 0.717) is 6.04 Å². The van der Waals surface area contributed by atoms with Gasteiger partial charge in [0.2, 0.25) is 0 Å². The summed E-state index contributed by atoms with van der Waals surface area (Å²) in [7, 11) is 0. The molecule has 1 aliphatic carbocycles. The molecule has 1 unspecified atom stereocenters. The van der Waals surface area contributed by atoms with Crippen molar-refractivity contribution < 1.29 is 0 Å². The third-order valence-electron chi connectivity index (χ3n) is 5.28. The number of halogens is 1. The third kappa shape index (κ3) is 4.71. The van der Waals surface area contributed by atoms with Gasteiger partial charge in [0.05, 0.1) is 0 Å². The van der Waals surface area contributed by atoms with Crippen LogP contribution in [-0.2, 0) is 6.54 Å². The van der Waals surface area contributed by atoms with Crippen molar-refractivity contribution in [2.24, 2.45) is 5.92 Å². The Morgan fingerprint density at radius 2 is 1.86 bits per heavy atom. The Morgan fingerprint density at radius 1 is 1.05 bits per heavy atom. The van der Waals surface area contributed by atoms with Gasteiger partial charge in [-0.15, -0.1) is 0 Å². The molecule has 1 saturated carbocycles. The summed E-state index contributed by atoms with van der Waals surface area (Å²) in [4.78, 5) is 2.56. The smallest absolute Gasteiger partial charge is 0.0451 e. The van der Waals surface area contributed by atoms with Gasteiger partial charge in [-0.3, -0.25) is 4.90 Å². The van der Waals surface area contributed by atoms with Crippen molar-refractivity contribution in [1.29, 1.82) is 0 Å². The predicted molar refractivity (Wildman–Crippen MR) is 94.3 cm³/mol. The van der Waals surface area contributed by atoms with Gasteiger partial charge in [0.25, 0.3) is 0 Å². The van der Waals surface area contributed by atoms with E-state index in [9.17, 15) is 0 Å². The molecule has 3 rings (SSSR count). The number of nitrogens with one attached hydrogen (secondary N) is 1. The normalized spacial score (nSPS) is 24.5. The Bertz CT molecular complexity index is 457. The Morgan fingerprint density at radius 3 is 2.68 bits per heavy atom. The lowest BCUT2D eigenvalue weighted by atomic mass is 9.89. The van der Waals surface area contributed by atoms with Gasteiger partial charge in [-0.05, 0) is 56.3 Å². The average molecular weight is 321 g/mol. The number of piperidine rings is 1. The quantitative estimate of drug-likeness (QED) is 0.860. The zero-order valence-corrected chi connectivity index (χ0v) is 14.3. The fourth-order valence-corrected chi connectivity index (χ4v) is 4.15. The van der Waals surface area contributed by atoms with Gasteiger partial charge in [0, 0.05) is 24.2 Å². The molecule has 0 amide bonds. The maximum absolute atomic E-state index is 6.30. The summed E-state index contributed by atoms with van der Waals surface area (Å²) in [5.74, 6) is 0.924. The Hall–Kier alpha value is -0.570. The van der Waals surface area contributed by atoms with Crippen LogP contribution in [0.1, 0.15) is 50.5 Å². The van der Waals surface area contributed by atoms with Gasteiger partial charge in [-0.2, -0.15) is 0 Å². The van der Waals surface area contributed by atoms with E-state index < -0.39 is 0 Å². The largest absolute Gasteiger partial charge is 0.312 e. The maximum Gasteiger partial charge on any atom is 0.0451 e. The second-order valence-electron chi connectivity index (χ2n) is 7.08. The van der Waals surface area contributed by atoms with Crippen molar-refractivity contribution in [3.63, 3.8) is 0 Å². The van der Waals surface area contributed by atoms with Crippen LogP contribution in [0, 0.1) is 5.92 Å². The number of benzene rings is 1. The first kappa shape index (κ1) is 16.3. The van der Waals surface area contributed by atoms with E-state index in [0.717, 1.165) is 24.0 Å². The van der Waals surface area contributed by atoms with E-state index in [-0.39, 0.29) is 0 Å². The van der Waals surface area contributed by atoms with Crippen LogP contribution >= 0.6 is 11.6 Å². The summed E-state index contributed by atoms with van der Waals surface area (Å²) in [6.45, 7) is 4.58. The minimum Gasteiger partial charge on any atom is -0.312 e. The Balaban J connectivity index is 1.45. The molecule has 3 heteroatoms. The van der Waals surface area contributed by atoms with E-state index in [1.807, 2.05) is 12.1 Å². The number of likely N-dealkylation sites (tertiary alicyclic amines) is 1. The van der Waals surface area contributed by atoms with Crippen molar-refractivity contribution in [1.82, 2.24) is 10.2 Å². The molecule has 0 bridgehead atoms. The highest BCUT2D eigenvalue weighted by Gasteiger charge is 2.21. The maximum atomic E-state index is 6.30. The molecule has 2 nitrogen and oxygen atoms in total. The molecule has 1 heterocycles. The lowest BCUT2D eigenvalue weighted by Gasteiger charge is -2.34. The summed E-state index contributed by atoms with van der Waals surface area (Å²) in [6.07, 6.45) is 9.82. The highest BCUT2D eigenvalue weighted by molar-refractivity contribution is 6.31. The molecule has 1 atom stereocenters. The SMILES string of the molecule is Clc1ccccc1CN1CCCC(NCC2CCCCC2)C1. The average Bonchev–Trinajstić information content (AvgIpc) is 2.57. The molecule has 1 saturated heterocycles. The standard InChI is InChI=1S/C19H29ClN2/c20-19-11-5-4-9-17(19)14-22-12-6-10-18(15-22)21-13-16-7-2-1-3-8-16/h4-5,9,11,16,18,21H,1-3,6-8,10,12-15H2. The summed E-state index contributed by atoms with van der Waals surface area (Å²) in [6, 6.07) is 8.92. The summed E-state index contributed by atoms with van der Waals surface area (Å²) < 4.78 is 0. The first-order valence-corrected chi connectivity index (χ1v) is 9.38. The van der Waals surface area contributed by atoms with Gasteiger partial charge in [0.1, 0.15) is 0 Å². The Labute approximate surface area is 140 Å². The van der Waals surface area contributed by atoms with E-state index in [4.69, 9.17) is 11.6 Å². The van der Waals surface area contributed by atoms with Crippen LogP contribution in [0.3, 0.4) is 0 Å². The van der Waals surface area contributed by atoms with E-state index in [2.05, 4.69) is 22.3 Å². The third-order valence-corrected chi connectivity index (χ3v) is 5.65. The van der Waals surface area contributed by atoms with Crippen LogP contribution in [0.5, 0.6) is 0 Å². The van der Waals surface area contributed by atoms with Gasteiger partial charge >= 0.3 is 0 Å². The predicted octanol–water partition coefficient (Wildman–Crippen LogP) is 4.47. The van der Waals surface area contributed by atoms with E-state index in [1.165, 1.54) is 63.6 Å². The fraction of sp³-hybridized carbons (Fsp3) is 0.684. The highest BCUT2D eigenvalue weighted by Crippen LogP contribution is 2.24. The van der Waals surface area contributed by atoms with E-state index >= 15 is 0 Å². The molecule has 1 aromatic rings. The molecule has 1 aliphatic heterocycles. The van der Waals surface area contributed by atoms with Crippen molar-refractivity contribution >= 4 is 11.6 Å². The van der Waals surface area contributed by atoms with Gasteiger partial charge in [0.15, 0.2) is 0 Å². The number of hydrogen-bond acceptors (Lipinski definition) is 2. The van der Waals surface area contributed by atoms with E-state index in [1.54, 1.807) is 0 Å². The van der Waals surface area contributed by atoms with Crippen LogP contribution in [-0.4, -0.2) is 30.6 Å². The van der Waals surface area contributed by atoms with Crippen LogP contribution in [0.2, 0.25) is 5.02 Å². The van der Waals surface area contributed by atoms with Crippen LogP contribution < -0.4 is 5.32 Å². The van der Waals surface area contributed by atoms with Crippen molar-refractivity contribution in [3.8, 4) is 0 Å². The molecule has 2 fully saturated rings. The zero-order chi connectivity index (χ0) is 15.2. The first-order valence-electron chi connectivity index (χ1n) is 9.00. The molecule has 2 aliphatic rings. The minimum atomic E-state index is 0.665. The lowest BCUT2D eigenvalue weighted by molar-refractivity contribution is 0.177. The van der Waals surface area contributed by atoms with Crippen molar-refractivity contribution in [2.75, 3.05) is 19.6 Å². The van der Waals surface area contributed by atoms with Gasteiger partial charge < -0.3 is 5.32 Å². The second kappa shape index (κ2) is 8.33. The molecule has 0 spiro atoms. The lowest BCUT2D eigenvalue weighted by Crippen LogP contribution is -2.46.